The summed E-state index contributed by atoms with van der Waals surface area (Å²) >= 11 is 0. The molecule has 0 fully saturated rings. The predicted octanol–water partition coefficient (Wildman–Crippen LogP) is 4.13. The summed E-state index contributed by atoms with van der Waals surface area (Å²) < 4.78 is 21.9. The third-order valence-corrected chi connectivity index (χ3v) is 5.11. The molecule has 0 bridgehead atoms. The quantitative estimate of drug-likeness (QED) is 0.718. The van der Waals surface area contributed by atoms with Crippen LogP contribution < -0.4 is 4.74 Å². The average molecular weight is 372 g/mol. The molecule has 0 aliphatic carbocycles. The summed E-state index contributed by atoms with van der Waals surface area (Å²) in [7, 11) is 0.212. The van der Waals surface area contributed by atoms with Gasteiger partial charge in [-0.2, -0.15) is 4.40 Å². The zero-order chi connectivity index (χ0) is 19.3. The van der Waals surface area contributed by atoms with Crippen LogP contribution in [0.3, 0.4) is 0 Å². The normalized spacial score (nSPS) is 13.3. The fraction of sp³-hybridized carbons (Fsp3) is 0.333. The van der Waals surface area contributed by atoms with E-state index in [0.717, 1.165) is 22.4 Å². The molecule has 0 N–H and O–H groups in total. The van der Waals surface area contributed by atoms with Crippen LogP contribution in [0.25, 0.3) is 0 Å². The van der Waals surface area contributed by atoms with E-state index in [1.807, 2.05) is 69.3 Å². The summed E-state index contributed by atoms with van der Waals surface area (Å²) in [6.45, 7) is 7.25. The molecule has 5 heteroatoms. The third-order valence-electron chi connectivity index (χ3n) is 3.72. The molecular formula is C21H25NO3S. The molecule has 0 aliphatic rings. The molecule has 0 aromatic heterocycles. The van der Waals surface area contributed by atoms with Gasteiger partial charge in [0.15, 0.2) is 0 Å². The number of methoxy groups -OCH3 is 1. The van der Waals surface area contributed by atoms with Gasteiger partial charge in [-0.25, -0.2) is 4.21 Å². The number of ether oxygens (including phenoxy) is 1. The summed E-state index contributed by atoms with van der Waals surface area (Å²) in [5.41, 5.74) is 3.25. The molecule has 0 amide bonds. The maximum Gasteiger partial charge on any atom is 0.145 e. The fourth-order valence-corrected chi connectivity index (χ4v) is 3.01. The van der Waals surface area contributed by atoms with Crippen LogP contribution in [-0.2, 0) is 22.2 Å². The van der Waals surface area contributed by atoms with Crippen LogP contribution >= 0.6 is 0 Å². The first kappa shape index (κ1) is 20.0. The minimum atomic E-state index is -1.40. The lowest BCUT2D eigenvalue weighted by Crippen LogP contribution is -2.21. The Morgan fingerprint density at radius 3 is 2.27 bits per heavy atom. The van der Waals surface area contributed by atoms with Crippen LogP contribution in [0.1, 0.15) is 44.4 Å². The Bertz CT molecular complexity index is 833. The molecular weight excluding hydrogens is 346 g/mol. The van der Waals surface area contributed by atoms with Gasteiger partial charge in [-0.15, -0.1) is 0 Å². The van der Waals surface area contributed by atoms with E-state index in [9.17, 15) is 9.00 Å². The average Bonchev–Trinajstić information content (AvgIpc) is 2.58. The first-order valence-electron chi connectivity index (χ1n) is 8.44. The number of Topliss-reactive ketones (excluding diaryl/α,β-unsaturated/α-hetero) is 1. The first-order valence-corrected chi connectivity index (χ1v) is 9.55. The van der Waals surface area contributed by atoms with E-state index in [1.165, 1.54) is 0 Å². The topological polar surface area (TPSA) is 55.7 Å². The van der Waals surface area contributed by atoms with Crippen LogP contribution in [0.15, 0.2) is 52.9 Å². The van der Waals surface area contributed by atoms with E-state index in [4.69, 9.17) is 4.74 Å². The Balaban J connectivity index is 2.54. The second-order valence-corrected chi connectivity index (χ2v) is 9.01. The zero-order valence-electron chi connectivity index (χ0n) is 15.9. The Hall–Kier alpha value is -2.27. The van der Waals surface area contributed by atoms with Gasteiger partial charge in [0.1, 0.15) is 22.5 Å². The molecule has 0 heterocycles. The highest BCUT2D eigenvalue weighted by molar-refractivity contribution is 7.85. The van der Waals surface area contributed by atoms with Crippen molar-refractivity contribution in [1.82, 2.24) is 0 Å². The van der Waals surface area contributed by atoms with Gasteiger partial charge in [0, 0.05) is 17.5 Å². The molecule has 2 aromatic carbocycles. The number of carbonyl (C=O) groups is 1. The fourth-order valence-electron chi connectivity index (χ4n) is 2.36. The minimum absolute atomic E-state index is 0.100. The van der Waals surface area contributed by atoms with Gasteiger partial charge in [-0.05, 0) is 63.6 Å². The number of ketones is 1. The lowest BCUT2D eigenvalue weighted by atomic mass is 9.99. The zero-order valence-corrected chi connectivity index (χ0v) is 16.7. The van der Waals surface area contributed by atoms with E-state index in [1.54, 1.807) is 14.0 Å². The number of hydrogen-bond acceptors (Lipinski definition) is 3. The van der Waals surface area contributed by atoms with Gasteiger partial charge in [-0.1, -0.05) is 18.2 Å². The summed E-state index contributed by atoms with van der Waals surface area (Å²) in [5, 5.41) is 0. The summed E-state index contributed by atoms with van der Waals surface area (Å²) in [6, 6.07) is 15.2. The molecule has 0 aliphatic heterocycles. The summed E-state index contributed by atoms with van der Waals surface area (Å²) in [4.78, 5) is 11.5. The van der Waals surface area contributed by atoms with Crippen molar-refractivity contribution in [1.29, 1.82) is 0 Å². The molecule has 26 heavy (non-hydrogen) atoms. The van der Waals surface area contributed by atoms with Crippen LogP contribution in [0.2, 0.25) is 0 Å². The van der Waals surface area contributed by atoms with Crippen molar-refractivity contribution in [2.24, 2.45) is 4.40 Å². The van der Waals surface area contributed by atoms with Crippen molar-refractivity contribution in [3.05, 3.63) is 65.2 Å². The standard InChI is InChI=1S/C21H25NO3S/c1-15(23)13-16-7-6-8-18(14-16)20(22-26(24)21(2,3)4)17-9-11-19(25-5)12-10-17/h6-12,14H,13H2,1-5H3. The number of nitrogens with zero attached hydrogens (tertiary/aromatic N) is 1. The number of carbonyl (C=O) groups excluding carboxylic acids is 1. The van der Waals surface area contributed by atoms with Crippen molar-refractivity contribution in [2.75, 3.05) is 7.11 Å². The Kier molecular flexibility index (Phi) is 6.48. The number of hydrogen-bond donors (Lipinski definition) is 0. The summed E-state index contributed by atoms with van der Waals surface area (Å²) in [5.74, 6) is 0.846. The lowest BCUT2D eigenvalue weighted by Gasteiger charge is -2.16. The molecule has 0 saturated heterocycles. The highest BCUT2D eigenvalue weighted by Crippen LogP contribution is 2.20. The second kappa shape index (κ2) is 8.41. The Morgan fingerprint density at radius 2 is 1.73 bits per heavy atom. The van der Waals surface area contributed by atoms with Gasteiger partial charge in [0.05, 0.1) is 17.6 Å². The maximum absolute atomic E-state index is 12.7. The molecule has 0 spiro atoms. The van der Waals surface area contributed by atoms with Crippen LogP contribution in [0, 0.1) is 0 Å². The molecule has 2 rings (SSSR count). The Morgan fingerprint density at radius 1 is 1.08 bits per heavy atom. The van der Waals surface area contributed by atoms with E-state index >= 15 is 0 Å². The maximum atomic E-state index is 12.7. The van der Waals surface area contributed by atoms with E-state index < -0.39 is 15.7 Å². The van der Waals surface area contributed by atoms with Crippen LogP contribution in [0.5, 0.6) is 5.75 Å². The van der Waals surface area contributed by atoms with Gasteiger partial charge < -0.3 is 4.74 Å². The second-order valence-electron chi connectivity index (χ2n) is 7.11. The van der Waals surface area contributed by atoms with Crippen molar-refractivity contribution >= 4 is 22.5 Å². The Labute approximate surface area is 157 Å². The highest BCUT2D eigenvalue weighted by atomic mass is 32.2. The number of rotatable bonds is 6. The smallest absolute Gasteiger partial charge is 0.145 e. The molecule has 0 saturated carbocycles. The molecule has 1 atom stereocenters. The third kappa shape index (κ3) is 5.36. The van der Waals surface area contributed by atoms with Crippen molar-refractivity contribution in [2.45, 2.75) is 38.9 Å². The van der Waals surface area contributed by atoms with Crippen molar-refractivity contribution < 1.29 is 13.7 Å². The molecule has 138 valence electrons. The first-order chi connectivity index (χ1) is 12.2. The van der Waals surface area contributed by atoms with Gasteiger partial charge in [-0.3, -0.25) is 4.79 Å². The molecule has 0 radical (unpaired) electrons. The summed E-state index contributed by atoms with van der Waals surface area (Å²) in [6.07, 6.45) is 0.367. The molecule has 4 nitrogen and oxygen atoms in total. The largest absolute Gasteiger partial charge is 0.497 e. The predicted molar refractivity (Wildman–Crippen MR) is 107 cm³/mol. The van der Waals surface area contributed by atoms with Crippen LogP contribution in [-0.4, -0.2) is 27.6 Å². The van der Waals surface area contributed by atoms with E-state index in [-0.39, 0.29) is 5.78 Å². The molecule has 1 unspecified atom stereocenters. The van der Waals surface area contributed by atoms with Crippen molar-refractivity contribution in [3.63, 3.8) is 0 Å². The lowest BCUT2D eigenvalue weighted by molar-refractivity contribution is -0.116. The van der Waals surface area contributed by atoms with Crippen LogP contribution in [0.4, 0.5) is 0 Å². The highest BCUT2D eigenvalue weighted by Gasteiger charge is 2.21. The van der Waals surface area contributed by atoms with Gasteiger partial charge in [0.2, 0.25) is 0 Å². The number of benzene rings is 2. The SMILES string of the molecule is COc1ccc(C(=NS(=O)C(C)(C)C)c2cccc(CC(C)=O)c2)cc1. The van der Waals surface area contributed by atoms with Gasteiger partial charge in [0.25, 0.3) is 0 Å². The van der Waals surface area contributed by atoms with E-state index in [0.29, 0.717) is 12.1 Å². The van der Waals surface area contributed by atoms with E-state index in [2.05, 4.69) is 4.40 Å². The molecule has 2 aromatic rings. The minimum Gasteiger partial charge on any atom is -0.497 e. The monoisotopic (exact) mass is 371 g/mol. The van der Waals surface area contributed by atoms with Gasteiger partial charge >= 0.3 is 0 Å². The van der Waals surface area contributed by atoms with Crippen molar-refractivity contribution in [3.8, 4) is 5.75 Å².